The van der Waals surface area contributed by atoms with Gasteiger partial charge in [0.05, 0.1) is 11.4 Å². The van der Waals surface area contributed by atoms with Gasteiger partial charge in [0.1, 0.15) is 0 Å². The summed E-state index contributed by atoms with van der Waals surface area (Å²) in [6.45, 7) is 0.633. The molecule has 2 aromatic heterocycles. The first-order valence-corrected chi connectivity index (χ1v) is 9.40. The van der Waals surface area contributed by atoms with Crippen LogP contribution in [-0.4, -0.2) is 30.7 Å². The average molecular weight is 340 g/mol. The molecule has 0 aliphatic heterocycles. The lowest BCUT2D eigenvalue weighted by Gasteiger charge is -2.06. The molecule has 0 unspecified atom stereocenters. The largest absolute Gasteiger partial charge is 0.354 e. The standard InChI is InChI=1S/C14H16N2O2S3/c17-13(8-16-14(18)12-2-1-5-21-12)15-4-7-20-10-11-3-6-19-9-11/h1-3,5-6,9H,4,7-8,10H2,(H,15,17)(H,16,18). The normalized spacial score (nSPS) is 10.3. The van der Waals surface area contributed by atoms with Crippen molar-refractivity contribution < 1.29 is 9.59 Å². The molecule has 2 N–H and O–H groups in total. The summed E-state index contributed by atoms with van der Waals surface area (Å²) in [5.74, 6) is 1.47. The van der Waals surface area contributed by atoms with E-state index in [0.717, 1.165) is 11.5 Å². The zero-order chi connectivity index (χ0) is 14.9. The summed E-state index contributed by atoms with van der Waals surface area (Å²) in [4.78, 5) is 23.8. The molecule has 7 heteroatoms. The summed E-state index contributed by atoms with van der Waals surface area (Å²) >= 11 is 4.84. The molecule has 0 spiro atoms. The maximum atomic E-state index is 11.6. The highest BCUT2D eigenvalue weighted by Gasteiger charge is 2.08. The fourth-order valence-corrected chi connectivity index (χ4v) is 3.77. The fourth-order valence-electron chi connectivity index (χ4n) is 1.55. The molecule has 0 bridgehead atoms. The maximum Gasteiger partial charge on any atom is 0.261 e. The van der Waals surface area contributed by atoms with E-state index in [1.165, 1.54) is 16.9 Å². The molecular formula is C14H16N2O2S3. The third-order valence-electron chi connectivity index (χ3n) is 2.57. The predicted octanol–water partition coefficient (Wildman–Crippen LogP) is 2.59. The molecule has 0 radical (unpaired) electrons. The van der Waals surface area contributed by atoms with Crippen molar-refractivity contribution in [1.29, 1.82) is 0 Å². The molecule has 2 aromatic rings. The lowest BCUT2D eigenvalue weighted by Crippen LogP contribution is -2.37. The van der Waals surface area contributed by atoms with E-state index in [0.29, 0.717) is 11.4 Å². The number of carbonyl (C=O) groups is 2. The Morgan fingerprint density at radius 3 is 2.81 bits per heavy atom. The summed E-state index contributed by atoms with van der Waals surface area (Å²) in [7, 11) is 0. The van der Waals surface area contributed by atoms with E-state index in [4.69, 9.17) is 0 Å². The van der Waals surface area contributed by atoms with Crippen molar-refractivity contribution in [1.82, 2.24) is 10.6 Å². The van der Waals surface area contributed by atoms with Crippen LogP contribution in [0.4, 0.5) is 0 Å². The van der Waals surface area contributed by atoms with Gasteiger partial charge >= 0.3 is 0 Å². The number of thioether (sulfide) groups is 1. The van der Waals surface area contributed by atoms with Gasteiger partial charge in [0.25, 0.3) is 5.91 Å². The van der Waals surface area contributed by atoms with Crippen LogP contribution in [0.25, 0.3) is 0 Å². The minimum atomic E-state index is -0.202. The first kappa shape index (κ1) is 16.1. The Morgan fingerprint density at radius 2 is 2.10 bits per heavy atom. The molecule has 112 valence electrons. The number of rotatable bonds is 8. The van der Waals surface area contributed by atoms with Crippen molar-refractivity contribution in [3.8, 4) is 0 Å². The van der Waals surface area contributed by atoms with E-state index < -0.39 is 0 Å². The molecular weight excluding hydrogens is 324 g/mol. The van der Waals surface area contributed by atoms with Crippen molar-refractivity contribution >= 4 is 46.2 Å². The number of amides is 2. The maximum absolute atomic E-state index is 11.6. The van der Waals surface area contributed by atoms with Crippen molar-refractivity contribution in [2.24, 2.45) is 0 Å². The van der Waals surface area contributed by atoms with Crippen LogP contribution in [-0.2, 0) is 10.5 Å². The van der Waals surface area contributed by atoms with Gasteiger partial charge in [-0.2, -0.15) is 23.1 Å². The molecule has 0 atom stereocenters. The molecule has 2 rings (SSSR count). The van der Waals surface area contributed by atoms with Crippen LogP contribution >= 0.6 is 34.4 Å². The second kappa shape index (κ2) is 8.86. The summed E-state index contributed by atoms with van der Waals surface area (Å²) in [5, 5.41) is 11.4. The monoisotopic (exact) mass is 340 g/mol. The number of hydrogen-bond acceptors (Lipinski definition) is 5. The van der Waals surface area contributed by atoms with E-state index in [1.54, 1.807) is 29.2 Å². The first-order chi connectivity index (χ1) is 10.3. The smallest absolute Gasteiger partial charge is 0.261 e. The topological polar surface area (TPSA) is 58.2 Å². The number of nitrogens with one attached hydrogen (secondary N) is 2. The minimum absolute atomic E-state index is 0.0198. The lowest BCUT2D eigenvalue weighted by molar-refractivity contribution is -0.120. The Balaban J connectivity index is 1.52. The van der Waals surface area contributed by atoms with Crippen molar-refractivity contribution in [3.63, 3.8) is 0 Å². The molecule has 21 heavy (non-hydrogen) atoms. The molecule has 2 heterocycles. The first-order valence-electron chi connectivity index (χ1n) is 6.43. The second-order valence-corrected chi connectivity index (χ2v) is 7.03. The van der Waals surface area contributed by atoms with Gasteiger partial charge in [-0.05, 0) is 33.8 Å². The summed E-state index contributed by atoms with van der Waals surface area (Å²) in [5.41, 5.74) is 1.32. The summed E-state index contributed by atoms with van der Waals surface area (Å²) < 4.78 is 0. The van der Waals surface area contributed by atoms with Crippen LogP contribution in [0.3, 0.4) is 0 Å². The van der Waals surface area contributed by atoms with Gasteiger partial charge in [-0.15, -0.1) is 11.3 Å². The van der Waals surface area contributed by atoms with Crippen LogP contribution in [0.5, 0.6) is 0 Å². The van der Waals surface area contributed by atoms with Gasteiger partial charge in [-0.3, -0.25) is 9.59 Å². The number of carbonyl (C=O) groups excluding carboxylic acids is 2. The van der Waals surface area contributed by atoms with Crippen LogP contribution < -0.4 is 10.6 Å². The predicted molar refractivity (Wildman–Crippen MR) is 90.1 cm³/mol. The van der Waals surface area contributed by atoms with Crippen molar-refractivity contribution in [3.05, 3.63) is 44.8 Å². The molecule has 2 amide bonds. The van der Waals surface area contributed by atoms with E-state index in [1.807, 2.05) is 11.4 Å². The third-order valence-corrected chi connectivity index (χ3v) is 5.20. The third kappa shape index (κ3) is 5.91. The Bertz CT molecular complexity index is 553. The highest BCUT2D eigenvalue weighted by molar-refractivity contribution is 7.98. The zero-order valence-corrected chi connectivity index (χ0v) is 13.8. The summed E-state index contributed by atoms with van der Waals surface area (Å²) in [6.07, 6.45) is 0. The zero-order valence-electron chi connectivity index (χ0n) is 11.3. The van der Waals surface area contributed by atoms with Gasteiger partial charge in [-0.1, -0.05) is 6.07 Å². The van der Waals surface area contributed by atoms with Crippen LogP contribution in [0.2, 0.25) is 0 Å². The summed E-state index contributed by atoms with van der Waals surface area (Å²) in [6, 6.07) is 5.65. The van der Waals surface area contributed by atoms with Crippen molar-refractivity contribution in [2.75, 3.05) is 18.8 Å². The molecule has 0 aliphatic carbocycles. The molecule has 0 saturated carbocycles. The average Bonchev–Trinajstić information content (AvgIpc) is 3.17. The Kier molecular flexibility index (Phi) is 6.78. The molecule has 4 nitrogen and oxygen atoms in total. The lowest BCUT2D eigenvalue weighted by atomic mass is 10.4. The van der Waals surface area contributed by atoms with E-state index >= 15 is 0 Å². The van der Waals surface area contributed by atoms with Crippen LogP contribution in [0.15, 0.2) is 34.3 Å². The highest BCUT2D eigenvalue weighted by atomic mass is 32.2. The minimum Gasteiger partial charge on any atom is -0.354 e. The van der Waals surface area contributed by atoms with Crippen LogP contribution in [0.1, 0.15) is 15.2 Å². The van der Waals surface area contributed by atoms with Gasteiger partial charge < -0.3 is 10.6 Å². The molecule has 0 aromatic carbocycles. The highest BCUT2D eigenvalue weighted by Crippen LogP contribution is 2.14. The van der Waals surface area contributed by atoms with Gasteiger partial charge in [0, 0.05) is 18.1 Å². The fraction of sp³-hybridized carbons (Fsp3) is 0.286. The number of thiophene rings is 2. The number of hydrogen-bond donors (Lipinski definition) is 2. The SMILES string of the molecule is O=C(CNC(=O)c1cccs1)NCCSCc1ccsc1. The van der Waals surface area contributed by atoms with E-state index in [9.17, 15) is 9.59 Å². The Labute approximate surface area is 136 Å². The van der Waals surface area contributed by atoms with Gasteiger partial charge in [0.2, 0.25) is 5.91 Å². The molecule has 0 saturated heterocycles. The van der Waals surface area contributed by atoms with Crippen LogP contribution in [0, 0.1) is 0 Å². The molecule has 0 fully saturated rings. The Hall–Kier alpha value is -1.31. The van der Waals surface area contributed by atoms with Crippen molar-refractivity contribution in [2.45, 2.75) is 5.75 Å². The van der Waals surface area contributed by atoms with Gasteiger partial charge in [-0.25, -0.2) is 0 Å². The second-order valence-electron chi connectivity index (χ2n) is 4.19. The molecule has 0 aliphatic rings. The quantitative estimate of drug-likeness (QED) is 0.726. The van der Waals surface area contributed by atoms with E-state index in [-0.39, 0.29) is 18.4 Å². The van der Waals surface area contributed by atoms with E-state index in [2.05, 4.69) is 27.5 Å². The Morgan fingerprint density at radius 1 is 1.19 bits per heavy atom. The van der Waals surface area contributed by atoms with Gasteiger partial charge in [0.15, 0.2) is 0 Å².